The highest BCUT2D eigenvalue weighted by Crippen LogP contribution is 2.28. The summed E-state index contributed by atoms with van der Waals surface area (Å²) in [7, 11) is 0. The molecule has 21 heavy (non-hydrogen) atoms. The van der Waals surface area contributed by atoms with Gasteiger partial charge < -0.3 is 14.5 Å². The van der Waals surface area contributed by atoms with E-state index >= 15 is 0 Å². The second-order valence-corrected chi connectivity index (χ2v) is 5.48. The lowest BCUT2D eigenvalue weighted by molar-refractivity contribution is -0.148. The van der Waals surface area contributed by atoms with E-state index in [0.29, 0.717) is 25.7 Å². The van der Waals surface area contributed by atoms with Gasteiger partial charge in [0.05, 0.1) is 13.2 Å². The predicted octanol–water partition coefficient (Wildman–Crippen LogP) is 0.431. The van der Waals surface area contributed by atoms with Crippen molar-refractivity contribution in [3.8, 4) is 0 Å². The Morgan fingerprint density at radius 3 is 2.81 bits per heavy atom. The molecular formula is C15H19N3O3. The van der Waals surface area contributed by atoms with Crippen molar-refractivity contribution < 1.29 is 14.3 Å². The number of nitrogens with zero attached hydrogens (tertiary/aromatic N) is 3. The van der Waals surface area contributed by atoms with Gasteiger partial charge in [0.1, 0.15) is 6.61 Å². The van der Waals surface area contributed by atoms with Crippen molar-refractivity contribution >= 4 is 11.8 Å². The SMILES string of the molecule is O=C1COCCN1CC(=O)N(Cc1ccncc1)C1CC1. The summed E-state index contributed by atoms with van der Waals surface area (Å²) in [4.78, 5) is 31.7. The molecule has 112 valence electrons. The summed E-state index contributed by atoms with van der Waals surface area (Å²) in [6, 6.07) is 4.16. The predicted molar refractivity (Wildman–Crippen MR) is 75.2 cm³/mol. The number of hydrogen-bond acceptors (Lipinski definition) is 4. The van der Waals surface area contributed by atoms with E-state index in [9.17, 15) is 9.59 Å². The van der Waals surface area contributed by atoms with Gasteiger partial charge in [0.15, 0.2) is 0 Å². The maximum absolute atomic E-state index is 12.5. The Morgan fingerprint density at radius 2 is 2.14 bits per heavy atom. The van der Waals surface area contributed by atoms with Crippen LogP contribution < -0.4 is 0 Å². The third-order valence-corrected chi connectivity index (χ3v) is 3.82. The van der Waals surface area contributed by atoms with E-state index in [1.54, 1.807) is 17.3 Å². The summed E-state index contributed by atoms with van der Waals surface area (Å²) in [5.74, 6) is -0.0844. The number of carbonyl (C=O) groups excluding carboxylic acids is 2. The fourth-order valence-corrected chi connectivity index (χ4v) is 2.46. The van der Waals surface area contributed by atoms with Gasteiger partial charge in [-0.15, -0.1) is 0 Å². The molecule has 6 nitrogen and oxygen atoms in total. The molecule has 0 N–H and O–H groups in total. The fraction of sp³-hybridized carbons (Fsp3) is 0.533. The quantitative estimate of drug-likeness (QED) is 0.788. The summed E-state index contributed by atoms with van der Waals surface area (Å²) in [5, 5.41) is 0. The molecule has 2 amide bonds. The van der Waals surface area contributed by atoms with Crippen molar-refractivity contribution in [1.29, 1.82) is 0 Å². The van der Waals surface area contributed by atoms with E-state index in [-0.39, 0.29) is 25.0 Å². The first-order chi connectivity index (χ1) is 10.2. The van der Waals surface area contributed by atoms with Gasteiger partial charge in [-0.3, -0.25) is 14.6 Å². The second-order valence-electron chi connectivity index (χ2n) is 5.48. The molecule has 6 heteroatoms. The van der Waals surface area contributed by atoms with Crippen LogP contribution in [-0.2, 0) is 20.9 Å². The molecule has 0 unspecified atom stereocenters. The van der Waals surface area contributed by atoms with Crippen LogP contribution in [0.1, 0.15) is 18.4 Å². The zero-order valence-electron chi connectivity index (χ0n) is 11.9. The number of morpholine rings is 1. The first-order valence-corrected chi connectivity index (χ1v) is 7.28. The Balaban J connectivity index is 1.63. The average molecular weight is 289 g/mol. The molecule has 2 fully saturated rings. The molecule has 3 rings (SSSR count). The first kappa shape index (κ1) is 14.0. The lowest BCUT2D eigenvalue weighted by atomic mass is 10.2. The van der Waals surface area contributed by atoms with Crippen LogP contribution in [0.25, 0.3) is 0 Å². The molecule has 1 aromatic rings. The molecule has 0 spiro atoms. The van der Waals surface area contributed by atoms with E-state index in [1.165, 1.54) is 0 Å². The molecule has 0 aromatic carbocycles. The highest BCUT2D eigenvalue weighted by Gasteiger charge is 2.34. The fourth-order valence-electron chi connectivity index (χ4n) is 2.46. The number of pyridine rings is 1. The van der Waals surface area contributed by atoms with Crippen LogP contribution in [0.4, 0.5) is 0 Å². The summed E-state index contributed by atoms with van der Waals surface area (Å²) in [6.45, 7) is 1.83. The van der Waals surface area contributed by atoms with E-state index < -0.39 is 0 Å². The molecule has 1 aliphatic carbocycles. The third kappa shape index (κ3) is 3.58. The van der Waals surface area contributed by atoms with Crippen LogP contribution in [0.15, 0.2) is 24.5 Å². The van der Waals surface area contributed by atoms with Crippen LogP contribution in [0.2, 0.25) is 0 Å². The average Bonchev–Trinajstić information content (AvgIpc) is 3.33. The highest BCUT2D eigenvalue weighted by molar-refractivity contribution is 5.86. The van der Waals surface area contributed by atoms with Crippen LogP contribution in [0.3, 0.4) is 0 Å². The molecule has 0 radical (unpaired) electrons. The van der Waals surface area contributed by atoms with E-state index in [0.717, 1.165) is 18.4 Å². The number of carbonyl (C=O) groups is 2. The first-order valence-electron chi connectivity index (χ1n) is 7.28. The Hall–Kier alpha value is -1.95. The topological polar surface area (TPSA) is 62.7 Å². The summed E-state index contributed by atoms with van der Waals surface area (Å²) in [6.07, 6.45) is 5.56. The number of hydrogen-bond donors (Lipinski definition) is 0. The largest absolute Gasteiger partial charge is 0.370 e. The second kappa shape index (κ2) is 6.22. The summed E-state index contributed by atoms with van der Waals surface area (Å²) in [5.41, 5.74) is 1.07. The Morgan fingerprint density at radius 1 is 1.38 bits per heavy atom. The van der Waals surface area contributed by atoms with Crippen LogP contribution in [0, 0.1) is 0 Å². The van der Waals surface area contributed by atoms with Crippen molar-refractivity contribution in [2.75, 3.05) is 26.3 Å². The maximum atomic E-state index is 12.5. The Bertz CT molecular complexity index is 516. The van der Waals surface area contributed by atoms with Gasteiger partial charge in [0.25, 0.3) is 0 Å². The van der Waals surface area contributed by atoms with Crippen LogP contribution >= 0.6 is 0 Å². The Labute approximate surface area is 123 Å². The van der Waals surface area contributed by atoms with Gasteiger partial charge in [-0.05, 0) is 30.5 Å². The number of ether oxygens (including phenoxy) is 1. The van der Waals surface area contributed by atoms with Gasteiger partial charge in [-0.1, -0.05) is 0 Å². The lowest BCUT2D eigenvalue weighted by Crippen LogP contribution is -2.48. The van der Waals surface area contributed by atoms with Gasteiger partial charge in [0.2, 0.25) is 11.8 Å². The number of aromatic nitrogens is 1. The van der Waals surface area contributed by atoms with Gasteiger partial charge >= 0.3 is 0 Å². The van der Waals surface area contributed by atoms with E-state index in [1.807, 2.05) is 17.0 Å². The number of rotatable bonds is 5. The Kier molecular flexibility index (Phi) is 4.15. The van der Waals surface area contributed by atoms with Crippen molar-refractivity contribution in [2.24, 2.45) is 0 Å². The normalized spacial score (nSPS) is 18.7. The van der Waals surface area contributed by atoms with Crippen molar-refractivity contribution in [2.45, 2.75) is 25.4 Å². The standard InChI is InChI=1S/C15H19N3O3/c19-14(10-17-7-8-21-11-15(17)20)18(13-1-2-13)9-12-3-5-16-6-4-12/h3-6,13H,1-2,7-11H2. The smallest absolute Gasteiger partial charge is 0.249 e. The van der Waals surface area contributed by atoms with Crippen molar-refractivity contribution in [3.05, 3.63) is 30.1 Å². The van der Waals surface area contributed by atoms with Crippen LogP contribution in [0.5, 0.6) is 0 Å². The highest BCUT2D eigenvalue weighted by atomic mass is 16.5. The minimum atomic E-state index is -0.103. The molecule has 1 aromatic heterocycles. The zero-order valence-corrected chi connectivity index (χ0v) is 11.9. The summed E-state index contributed by atoms with van der Waals surface area (Å²) >= 11 is 0. The molecule has 1 aliphatic heterocycles. The van der Waals surface area contributed by atoms with Gasteiger partial charge in [-0.2, -0.15) is 0 Å². The van der Waals surface area contributed by atoms with Crippen molar-refractivity contribution in [3.63, 3.8) is 0 Å². The minimum absolute atomic E-state index is 0.0181. The lowest BCUT2D eigenvalue weighted by Gasteiger charge is -2.30. The molecule has 0 atom stereocenters. The minimum Gasteiger partial charge on any atom is -0.370 e. The van der Waals surface area contributed by atoms with Crippen LogP contribution in [-0.4, -0.2) is 58.9 Å². The molecule has 1 saturated carbocycles. The monoisotopic (exact) mass is 289 g/mol. The van der Waals surface area contributed by atoms with Crippen molar-refractivity contribution in [1.82, 2.24) is 14.8 Å². The molecule has 1 saturated heterocycles. The van der Waals surface area contributed by atoms with Gasteiger partial charge in [0, 0.05) is 31.5 Å². The molecule has 2 aliphatic rings. The summed E-state index contributed by atoms with van der Waals surface area (Å²) < 4.78 is 5.09. The maximum Gasteiger partial charge on any atom is 0.249 e. The van der Waals surface area contributed by atoms with E-state index in [4.69, 9.17) is 4.74 Å². The number of amides is 2. The molecular weight excluding hydrogens is 270 g/mol. The molecule has 0 bridgehead atoms. The molecule has 2 heterocycles. The third-order valence-electron chi connectivity index (χ3n) is 3.82. The zero-order chi connectivity index (χ0) is 14.7. The van der Waals surface area contributed by atoms with Gasteiger partial charge in [-0.25, -0.2) is 0 Å². The van der Waals surface area contributed by atoms with E-state index in [2.05, 4.69) is 4.98 Å².